The summed E-state index contributed by atoms with van der Waals surface area (Å²) in [5, 5.41) is 0. The van der Waals surface area contributed by atoms with Gasteiger partial charge in [-0.15, -0.1) is 0 Å². The Morgan fingerprint density at radius 2 is 2.00 bits per heavy atom. The molecule has 1 aromatic rings. The summed E-state index contributed by atoms with van der Waals surface area (Å²) in [6.45, 7) is 7.04. The van der Waals surface area contributed by atoms with Gasteiger partial charge in [-0.25, -0.2) is 0 Å². The second-order valence-corrected chi connectivity index (χ2v) is 5.20. The molecule has 0 fully saturated rings. The van der Waals surface area contributed by atoms with Crippen LogP contribution in [0.1, 0.15) is 45.1 Å². The Balaban J connectivity index is 2.33. The first kappa shape index (κ1) is 11.5. The van der Waals surface area contributed by atoms with Gasteiger partial charge in [-0.2, -0.15) is 0 Å². The lowest BCUT2D eigenvalue weighted by Crippen LogP contribution is -2.30. The molecule has 1 heteroatoms. The van der Waals surface area contributed by atoms with Gasteiger partial charge in [0.15, 0.2) is 0 Å². The van der Waals surface area contributed by atoms with Crippen LogP contribution < -0.4 is 4.90 Å². The van der Waals surface area contributed by atoms with Crippen LogP contribution in [-0.2, 0) is 0 Å². The summed E-state index contributed by atoms with van der Waals surface area (Å²) in [5.41, 5.74) is 2.99. The number of benzene rings is 1. The molecule has 0 saturated carbocycles. The van der Waals surface area contributed by atoms with E-state index in [0.717, 1.165) is 5.92 Å². The first-order chi connectivity index (χ1) is 7.66. The molecule has 0 bridgehead atoms. The van der Waals surface area contributed by atoms with Gasteiger partial charge in [-0.3, -0.25) is 0 Å². The zero-order chi connectivity index (χ0) is 11.7. The summed E-state index contributed by atoms with van der Waals surface area (Å²) in [4.78, 5) is 2.44. The van der Waals surface area contributed by atoms with E-state index in [1.54, 1.807) is 5.56 Å². The van der Waals surface area contributed by atoms with Gasteiger partial charge >= 0.3 is 0 Å². The Morgan fingerprint density at radius 3 is 2.69 bits per heavy atom. The third-order valence-electron chi connectivity index (χ3n) is 4.16. The van der Waals surface area contributed by atoms with Gasteiger partial charge in [0.25, 0.3) is 0 Å². The van der Waals surface area contributed by atoms with Crippen LogP contribution in [-0.4, -0.2) is 13.1 Å². The lowest BCUT2D eigenvalue weighted by atomic mass is 9.82. The van der Waals surface area contributed by atoms with Crippen molar-refractivity contribution in [3.63, 3.8) is 0 Å². The van der Waals surface area contributed by atoms with Crippen LogP contribution in [0.25, 0.3) is 0 Å². The zero-order valence-electron chi connectivity index (χ0n) is 10.9. The summed E-state index contributed by atoms with van der Waals surface area (Å²) in [5.74, 6) is 1.49. The average Bonchev–Trinajstić information content (AvgIpc) is 2.53. The fraction of sp³-hybridized carbons (Fsp3) is 0.600. The molecule has 1 aromatic carbocycles. The van der Waals surface area contributed by atoms with E-state index >= 15 is 0 Å². The molecule has 1 heterocycles. The third-order valence-corrected chi connectivity index (χ3v) is 4.16. The Hall–Kier alpha value is -0.980. The highest BCUT2D eigenvalue weighted by Gasteiger charge is 2.35. The molecule has 0 aliphatic carbocycles. The summed E-state index contributed by atoms with van der Waals surface area (Å²) in [6, 6.07) is 9.53. The lowest BCUT2D eigenvalue weighted by molar-refractivity contribution is 0.393. The molecule has 88 valence electrons. The molecule has 0 amide bonds. The number of hydrogen-bond donors (Lipinski definition) is 0. The molecule has 1 nitrogen and oxygen atoms in total. The molecule has 16 heavy (non-hydrogen) atoms. The molecule has 1 aliphatic heterocycles. The van der Waals surface area contributed by atoms with Crippen LogP contribution in [0, 0.1) is 5.92 Å². The molecule has 0 unspecified atom stereocenters. The van der Waals surface area contributed by atoms with Crippen molar-refractivity contribution >= 4 is 5.69 Å². The molecule has 0 aromatic heterocycles. The minimum absolute atomic E-state index is 0.638. The van der Waals surface area contributed by atoms with Crippen LogP contribution in [0.5, 0.6) is 0 Å². The third kappa shape index (κ3) is 1.73. The van der Waals surface area contributed by atoms with Crippen molar-refractivity contribution in [3.8, 4) is 0 Å². The van der Waals surface area contributed by atoms with E-state index in [1.165, 1.54) is 18.5 Å². The van der Waals surface area contributed by atoms with Gasteiger partial charge in [0.05, 0.1) is 0 Å². The summed E-state index contributed by atoms with van der Waals surface area (Å²) < 4.78 is 0. The van der Waals surface area contributed by atoms with Crippen LogP contribution in [0.2, 0.25) is 0 Å². The number of rotatable bonds is 3. The molecule has 0 N–H and O–H groups in total. The summed E-state index contributed by atoms with van der Waals surface area (Å²) in [6.07, 6.45) is 2.62. The van der Waals surface area contributed by atoms with Gasteiger partial charge in [0, 0.05) is 24.7 Å². The van der Waals surface area contributed by atoms with Crippen LogP contribution in [0.3, 0.4) is 0 Å². The number of hydrogen-bond acceptors (Lipinski definition) is 1. The second-order valence-electron chi connectivity index (χ2n) is 5.20. The van der Waals surface area contributed by atoms with Crippen LogP contribution >= 0.6 is 0 Å². The van der Waals surface area contributed by atoms with E-state index in [2.05, 4.69) is 57.0 Å². The number of fused-ring (bicyclic) bond motifs is 1. The van der Waals surface area contributed by atoms with Crippen molar-refractivity contribution in [2.45, 2.75) is 45.6 Å². The number of para-hydroxylation sites is 1. The first-order valence-corrected chi connectivity index (χ1v) is 6.48. The molecule has 0 saturated heterocycles. The lowest BCUT2D eigenvalue weighted by Gasteiger charge is -2.27. The van der Waals surface area contributed by atoms with E-state index in [0.29, 0.717) is 12.0 Å². The van der Waals surface area contributed by atoms with E-state index in [4.69, 9.17) is 0 Å². The maximum atomic E-state index is 2.44. The molecule has 3 atom stereocenters. The van der Waals surface area contributed by atoms with E-state index in [9.17, 15) is 0 Å². The molecule has 0 radical (unpaired) electrons. The second kappa shape index (κ2) is 4.48. The normalized spacial score (nSPS) is 25.6. The van der Waals surface area contributed by atoms with Crippen molar-refractivity contribution < 1.29 is 0 Å². The van der Waals surface area contributed by atoms with Gasteiger partial charge in [-0.1, -0.05) is 44.9 Å². The standard InChI is InChI=1S/C15H23N/c1-5-8-11(2)15-12(3)16(4)14-10-7-6-9-13(14)15/h6-7,9-12,15H,5,8H2,1-4H3/t11-,12+,15-/m1/s1. The monoisotopic (exact) mass is 217 g/mol. The summed E-state index contributed by atoms with van der Waals surface area (Å²) >= 11 is 0. The SMILES string of the molecule is CCC[C@@H](C)[C@H]1c2ccccc2N(C)[C@H]1C. The number of anilines is 1. The van der Waals surface area contributed by atoms with Crippen molar-refractivity contribution in [2.24, 2.45) is 5.92 Å². The Bertz CT molecular complexity index is 358. The topological polar surface area (TPSA) is 3.24 Å². The molecule has 0 spiro atoms. The van der Waals surface area contributed by atoms with E-state index < -0.39 is 0 Å². The highest BCUT2D eigenvalue weighted by Crippen LogP contribution is 2.44. The van der Waals surface area contributed by atoms with Crippen molar-refractivity contribution in [3.05, 3.63) is 29.8 Å². The number of nitrogens with zero attached hydrogens (tertiary/aromatic N) is 1. The number of likely N-dealkylation sites (N-methyl/N-ethyl adjacent to an activating group) is 1. The quantitative estimate of drug-likeness (QED) is 0.738. The largest absolute Gasteiger partial charge is 0.371 e. The van der Waals surface area contributed by atoms with Gasteiger partial charge < -0.3 is 4.90 Å². The maximum absolute atomic E-state index is 2.44. The molecular formula is C15H23N. The van der Waals surface area contributed by atoms with Crippen molar-refractivity contribution in [2.75, 3.05) is 11.9 Å². The molecular weight excluding hydrogens is 194 g/mol. The van der Waals surface area contributed by atoms with Crippen molar-refractivity contribution in [1.29, 1.82) is 0 Å². The fourth-order valence-corrected chi connectivity index (χ4v) is 3.23. The Kier molecular flexibility index (Phi) is 3.22. The van der Waals surface area contributed by atoms with E-state index in [-0.39, 0.29) is 0 Å². The van der Waals surface area contributed by atoms with Gasteiger partial charge in [-0.05, 0) is 24.5 Å². The minimum Gasteiger partial charge on any atom is -0.371 e. The summed E-state index contributed by atoms with van der Waals surface area (Å²) in [7, 11) is 2.22. The van der Waals surface area contributed by atoms with E-state index in [1.807, 2.05) is 0 Å². The predicted octanol–water partition coefficient (Wildman–Crippen LogP) is 4.04. The van der Waals surface area contributed by atoms with Crippen molar-refractivity contribution in [1.82, 2.24) is 0 Å². The van der Waals surface area contributed by atoms with Crippen LogP contribution in [0.15, 0.2) is 24.3 Å². The highest BCUT2D eigenvalue weighted by molar-refractivity contribution is 5.61. The first-order valence-electron chi connectivity index (χ1n) is 6.48. The highest BCUT2D eigenvalue weighted by atomic mass is 15.2. The molecule has 1 aliphatic rings. The fourth-order valence-electron chi connectivity index (χ4n) is 3.23. The maximum Gasteiger partial charge on any atom is 0.0402 e. The van der Waals surface area contributed by atoms with Gasteiger partial charge in [0.2, 0.25) is 0 Å². The van der Waals surface area contributed by atoms with Crippen LogP contribution in [0.4, 0.5) is 5.69 Å². The average molecular weight is 217 g/mol. The zero-order valence-corrected chi connectivity index (χ0v) is 10.9. The minimum atomic E-state index is 0.638. The Labute approximate surface area is 99.5 Å². The predicted molar refractivity (Wildman–Crippen MR) is 71.1 cm³/mol. The Morgan fingerprint density at radius 1 is 1.31 bits per heavy atom. The smallest absolute Gasteiger partial charge is 0.0402 e. The molecule has 2 rings (SSSR count). The van der Waals surface area contributed by atoms with Gasteiger partial charge in [0.1, 0.15) is 0 Å².